The fraction of sp³-hybridized carbons (Fsp3) is 1.00. The predicted octanol–water partition coefficient (Wildman–Crippen LogP) is 4.46. The van der Waals surface area contributed by atoms with E-state index in [0.717, 1.165) is 6.92 Å². The molecular formula is C14H10F15NO. The van der Waals surface area contributed by atoms with Crippen molar-refractivity contribution in [2.45, 2.75) is 77.5 Å². The number of hydrogen-bond donors (Lipinski definition) is 1. The Morgan fingerprint density at radius 2 is 0.806 bits per heavy atom. The minimum absolute atomic E-state index is 0.510. The Labute approximate surface area is 161 Å². The molecule has 4 bridgehead atoms. The average molecular weight is 493 g/mol. The third-order valence-electron chi connectivity index (χ3n) is 6.26. The van der Waals surface area contributed by atoms with Crippen LogP contribution in [0.5, 0.6) is 0 Å². The fourth-order valence-corrected chi connectivity index (χ4v) is 4.43. The molecule has 0 radical (unpaired) electrons. The van der Waals surface area contributed by atoms with Gasteiger partial charge in [0.05, 0.1) is 6.61 Å². The Bertz CT molecular complexity index is 696. The Kier molecular flexibility index (Phi) is 4.21. The van der Waals surface area contributed by atoms with Gasteiger partial charge in [-0.05, 0) is 6.42 Å². The zero-order valence-corrected chi connectivity index (χ0v) is 14.6. The first kappa shape index (κ1) is 24.5. The van der Waals surface area contributed by atoms with E-state index in [1.54, 1.807) is 0 Å². The van der Waals surface area contributed by atoms with Gasteiger partial charge in [0.1, 0.15) is 0 Å². The molecule has 0 aromatic heterocycles. The van der Waals surface area contributed by atoms with E-state index in [1.165, 1.54) is 0 Å². The molecule has 31 heavy (non-hydrogen) atoms. The Hall–Kier alpha value is -1.13. The van der Waals surface area contributed by atoms with Crippen molar-refractivity contribution in [3.05, 3.63) is 0 Å². The van der Waals surface area contributed by atoms with Crippen molar-refractivity contribution in [3.8, 4) is 0 Å². The van der Waals surface area contributed by atoms with Crippen molar-refractivity contribution in [3.63, 3.8) is 0 Å². The molecule has 17 heteroatoms. The first-order valence-electron chi connectivity index (χ1n) is 8.18. The summed E-state index contributed by atoms with van der Waals surface area (Å²) >= 11 is 0. The van der Waals surface area contributed by atoms with Crippen LogP contribution >= 0.6 is 0 Å². The van der Waals surface area contributed by atoms with Crippen molar-refractivity contribution >= 4 is 0 Å². The van der Waals surface area contributed by atoms with Gasteiger partial charge in [0.25, 0.3) is 5.60 Å². The highest BCUT2D eigenvalue weighted by atomic mass is 19.3. The molecule has 0 spiro atoms. The van der Waals surface area contributed by atoms with Crippen LogP contribution in [-0.2, 0) is 4.74 Å². The Balaban J connectivity index is 2.59. The van der Waals surface area contributed by atoms with Crippen molar-refractivity contribution in [1.29, 1.82) is 0 Å². The van der Waals surface area contributed by atoms with Gasteiger partial charge in [-0.1, -0.05) is 6.92 Å². The largest absolute Gasteiger partial charge is 0.356 e. The molecule has 4 fully saturated rings. The minimum Gasteiger partial charge on any atom is -0.356 e. The smallest absolute Gasteiger partial charge is 0.339 e. The van der Waals surface area contributed by atoms with Crippen molar-refractivity contribution in [2.24, 2.45) is 5.73 Å². The van der Waals surface area contributed by atoms with Gasteiger partial charge in [0, 0.05) is 6.04 Å². The molecule has 1 atom stereocenters. The van der Waals surface area contributed by atoms with E-state index in [-0.39, 0.29) is 0 Å². The lowest BCUT2D eigenvalue weighted by Crippen LogP contribution is -3.10. The zero-order chi connectivity index (χ0) is 24.7. The van der Waals surface area contributed by atoms with Crippen LogP contribution in [0.25, 0.3) is 0 Å². The number of nitrogens with two attached hydrogens (primary N) is 1. The lowest BCUT2D eigenvalue weighted by Gasteiger charge is -2.74. The van der Waals surface area contributed by atoms with Crippen LogP contribution in [0.1, 0.15) is 13.3 Å². The number of ether oxygens (including phenoxy) is 1. The minimum atomic E-state index is -7.80. The normalized spacial score (nSPS) is 47.9. The maximum Gasteiger partial charge on any atom is 0.339 e. The van der Waals surface area contributed by atoms with Gasteiger partial charge >= 0.3 is 52.5 Å². The highest BCUT2D eigenvalue weighted by Crippen LogP contribution is 2.88. The van der Waals surface area contributed by atoms with E-state index in [0.29, 0.717) is 0 Å². The molecule has 0 aromatic rings. The fourth-order valence-electron chi connectivity index (χ4n) is 4.43. The van der Waals surface area contributed by atoms with E-state index in [2.05, 4.69) is 4.74 Å². The zero-order valence-electron chi connectivity index (χ0n) is 14.6. The van der Waals surface area contributed by atoms with Crippen LogP contribution in [0.15, 0.2) is 0 Å². The van der Waals surface area contributed by atoms with Crippen molar-refractivity contribution < 1.29 is 70.6 Å². The molecule has 4 aliphatic carbocycles. The standard InChI is InChI=1S/C14H10F15NO/c1-2-4(30)3-31-8-12(24,25)5(15)9(18,19)6(16,13(8,26)27)11(22,23)7(17,10(5,20)21)14(8,28)29/h4H,2-3,30H2,1H3. The second kappa shape index (κ2) is 5.33. The molecule has 0 amide bonds. The first-order valence-corrected chi connectivity index (χ1v) is 8.18. The summed E-state index contributed by atoms with van der Waals surface area (Å²) in [6.45, 7) is -1.01. The van der Waals surface area contributed by atoms with Gasteiger partial charge in [-0.2, -0.15) is 52.7 Å². The summed E-state index contributed by atoms with van der Waals surface area (Å²) in [7, 11) is 0. The third-order valence-corrected chi connectivity index (χ3v) is 6.26. The quantitative estimate of drug-likeness (QED) is 0.588. The van der Waals surface area contributed by atoms with Crippen LogP contribution in [-0.4, -0.2) is 70.8 Å². The van der Waals surface area contributed by atoms with Crippen LogP contribution in [0.2, 0.25) is 0 Å². The summed E-state index contributed by atoms with van der Waals surface area (Å²) in [6, 6.07) is -1.85. The molecule has 4 saturated carbocycles. The molecule has 2 nitrogen and oxygen atoms in total. The van der Waals surface area contributed by atoms with Gasteiger partial charge in [-0.15, -0.1) is 0 Å². The first-order chi connectivity index (χ1) is 13.5. The second-order valence-electron chi connectivity index (χ2n) is 7.58. The van der Waals surface area contributed by atoms with E-state index in [1.807, 2.05) is 0 Å². The van der Waals surface area contributed by atoms with E-state index < -0.39 is 77.2 Å². The lowest BCUT2D eigenvalue weighted by atomic mass is 9.40. The molecule has 1 unspecified atom stereocenters. The summed E-state index contributed by atoms with van der Waals surface area (Å²) in [5.74, 6) is -46.0. The topological polar surface area (TPSA) is 35.2 Å². The molecule has 0 aromatic carbocycles. The molecule has 0 heterocycles. The van der Waals surface area contributed by atoms with Crippen molar-refractivity contribution in [2.75, 3.05) is 6.61 Å². The van der Waals surface area contributed by atoms with E-state index in [4.69, 9.17) is 5.73 Å². The van der Waals surface area contributed by atoms with E-state index in [9.17, 15) is 65.9 Å². The maximum absolute atomic E-state index is 14.7. The summed E-state index contributed by atoms with van der Waals surface area (Å²) < 4.78 is 220. The summed E-state index contributed by atoms with van der Waals surface area (Å²) in [5, 5.41) is 0. The third kappa shape index (κ3) is 1.58. The molecule has 4 rings (SSSR count). The van der Waals surface area contributed by atoms with Gasteiger partial charge in [-0.3, -0.25) is 0 Å². The molecule has 0 saturated heterocycles. The molecule has 2 N–H and O–H groups in total. The SMILES string of the molecule is CCC(N)COC12C(F)(F)C3(F)C(F)(F)C(F)(C(F)(F)C(F)(C3(F)F)C1(F)F)C2(F)F. The lowest BCUT2D eigenvalue weighted by molar-refractivity contribution is -0.619. The van der Waals surface area contributed by atoms with Crippen LogP contribution < -0.4 is 5.73 Å². The second-order valence-corrected chi connectivity index (χ2v) is 7.58. The summed E-state index contributed by atoms with van der Waals surface area (Å²) in [6.07, 6.45) is -0.510. The Morgan fingerprint density at radius 3 is 1.03 bits per heavy atom. The number of rotatable bonds is 4. The number of hydrogen-bond acceptors (Lipinski definition) is 2. The van der Waals surface area contributed by atoms with Gasteiger partial charge < -0.3 is 10.5 Å². The molecule has 0 aliphatic heterocycles. The van der Waals surface area contributed by atoms with E-state index >= 15 is 0 Å². The van der Waals surface area contributed by atoms with Crippen LogP contribution in [0, 0.1) is 0 Å². The molecule has 182 valence electrons. The average Bonchev–Trinajstić information content (AvgIpc) is 2.61. The molecular weight excluding hydrogens is 483 g/mol. The van der Waals surface area contributed by atoms with Crippen LogP contribution in [0.3, 0.4) is 0 Å². The predicted molar refractivity (Wildman–Crippen MR) is 68.1 cm³/mol. The van der Waals surface area contributed by atoms with Gasteiger partial charge in [0.2, 0.25) is 0 Å². The van der Waals surface area contributed by atoms with Gasteiger partial charge in [-0.25, -0.2) is 13.2 Å². The number of halogens is 15. The summed E-state index contributed by atoms with van der Waals surface area (Å²) in [4.78, 5) is 0. The number of alkyl halides is 15. The highest BCUT2D eigenvalue weighted by Gasteiger charge is 3.23. The van der Waals surface area contributed by atoms with Gasteiger partial charge in [0.15, 0.2) is 0 Å². The highest BCUT2D eigenvalue weighted by molar-refractivity contribution is 5.54. The van der Waals surface area contributed by atoms with Crippen molar-refractivity contribution in [1.82, 2.24) is 0 Å². The molecule has 4 aliphatic rings. The Morgan fingerprint density at radius 1 is 0.548 bits per heavy atom. The van der Waals surface area contributed by atoms with Crippen LogP contribution in [0.4, 0.5) is 65.9 Å². The summed E-state index contributed by atoms with van der Waals surface area (Å²) in [5.41, 5.74) is -24.7. The monoisotopic (exact) mass is 493 g/mol. The maximum atomic E-state index is 14.7.